The highest BCUT2D eigenvalue weighted by molar-refractivity contribution is 7.09. The van der Waals surface area contributed by atoms with Gasteiger partial charge in [-0.1, -0.05) is 19.9 Å². The van der Waals surface area contributed by atoms with Crippen molar-refractivity contribution in [1.29, 1.82) is 0 Å². The molecule has 10 nitrogen and oxygen atoms in total. The van der Waals surface area contributed by atoms with Crippen molar-refractivity contribution in [2.45, 2.75) is 98.1 Å². The van der Waals surface area contributed by atoms with Crippen molar-refractivity contribution in [1.82, 2.24) is 15.6 Å². The number of esters is 2. The van der Waals surface area contributed by atoms with E-state index in [4.69, 9.17) is 25.8 Å². The molecule has 0 bridgehead atoms. The predicted molar refractivity (Wildman–Crippen MR) is 146 cm³/mol. The molecule has 0 aromatic carbocycles. The molecule has 38 heavy (non-hydrogen) atoms. The van der Waals surface area contributed by atoms with E-state index in [1.54, 1.807) is 72.9 Å². The summed E-state index contributed by atoms with van der Waals surface area (Å²) in [4.78, 5) is 54.1. The minimum atomic E-state index is -0.974. The molecular formula is C26H40ClN3O7S. The number of carbonyl (C=O) groups excluding carboxylic acids is 4. The maximum absolute atomic E-state index is 12.9. The van der Waals surface area contributed by atoms with Crippen molar-refractivity contribution in [3.8, 4) is 0 Å². The maximum Gasteiger partial charge on any atom is 0.408 e. The molecule has 0 saturated heterocycles. The van der Waals surface area contributed by atoms with Gasteiger partial charge in [0.15, 0.2) is 5.69 Å². The number of aromatic nitrogens is 1. The molecule has 2 N–H and O–H groups in total. The lowest BCUT2D eigenvalue weighted by molar-refractivity contribution is -0.151. The van der Waals surface area contributed by atoms with E-state index in [0.717, 1.165) is 0 Å². The third kappa shape index (κ3) is 13.8. The van der Waals surface area contributed by atoms with Crippen LogP contribution >= 0.6 is 22.9 Å². The molecule has 1 rings (SSSR count). The van der Waals surface area contributed by atoms with Crippen LogP contribution in [0.1, 0.15) is 83.7 Å². The number of allylic oxidation sites excluding steroid dienone is 1. The van der Waals surface area contributed by atoms with Gasteiger partial charge in [0.2, 0.25) is 5.91 Å². The van der Waals surface area contributed by atoms with E-state index < -0.39 is 47.3 Å². The fourth-order valence-corrected chi connectivity index (χ4v) is 3.69. The van der Waals surface area contributed by atoms with Crippen molar-refractivity contribution >= 4 is 46.9 Å². The van der Waals surface area contributed by atoms with Crippen LogP contribution in [0, 0.1) is 5.92 Å². The number of halogens is 1. The highest BCUT2D eigenvalue weighted by Gasteiger charge is 2.30. The average Bonchev–Trinajstić information content (AvgIpc) is 3.23. The van der Waals surface area contributed by atoms with Gasteiger partial charge in [0.05, 0.1) is 13.0 Å². The van der Waals surface area contributed by atoms with Gasteiger partial charge in [0.1, 0.15) is 28.4 Å². The quantitative estimate of drug-likeness (QED) is 0.158. The predicted octanol–water partition coefficient (Wildman–Crippen LogP) is 4.75. The number of ether oxygens (including phenoxy) is 3. The Hall–Kier alpha value is -2.66. The lowest BCUT2D eigenvalue weighted by Gasteiger charge is -2.26. The van der Waals surface area contributed by atoms with Gasteiger partial charge >= 0.3 is 18.0 Å². The Labute approximate surface area is 233 Å². The second-order valence-electron chi connectivity index (χ2n) is 10.9. The summed E-state index contributed by atoms with van der Waals surface area (Å²) in [6, 6.07) is -0.974. The SMILES string of the molecule is CC(C)C(NC(=O)OC(C)(C)C)C(=O)O[C@H](/C=C/CCCl)CC(=O)NCc1nc(C(=O)OC(C)(C)C)cs1. The standard InChI is InChI=1S/C26H40ClN3O7S/c1-16(2)21(30-24(34)37-26(6,7)8)23(33)35-17(11-9-10-12-27)13-19(31)28-14-20-29-18(15-38-20)22(32)36-25(3,4)5/h9,11,15-17,21H,10,12-14H2,1-8H3,(H,28,31)(H,30,34)/b11-9+/t17-,21?/m1/s1. The van der Waals surface area contributed by atoms with Gasteiger partial charge in [-0.3, -0.25) is 4.79 Å². The first-order chi connectivity index (χ1) is 17.5. The van der Waals surface area contributed by atoms with Crippen LogP contribution < -0.4 is 10.6 Å². The van der Waals surface area contributed by atoms with Gasteiger partial charge in [-0.15, -0.1) is 22.9 Å². The van der Waals surface area contributed by atoms with E-state index in [2.05, 4.69) is 15.6 Å². The molecule has 1 unspecified atom stereocenters. The van der Waals surface area contributed by atoms with Crippen LogP contribution in [0.3, 0.4) is 0 Å². The summed E-state index contributed by atoms with van der Waals surface area (Å²) in [5.74, 6) is -1.56. The second kappa shape index (κ2) is 15.1. The number of hydrogen-bond donors (Lipinski definition) is 2. The topological polar surface area (TPSA) is 133 Å². The zero-order chi connectivity index (χ0) is 29.1. The molecule has 1 aromatic heterocycles. The number of nitrogens with zero attached hydrogens (tertiary/aromatic N) is 1. The number of alkyl halides is 1. The summed E-state index contributed by atoms with van der Waals surface area (Å²) in [7, 11) is 0. The molecule has 0 aliphatic carbocycles. The van der Waals surface area contributed by atoms with Crippen LogP contribution in [0.4, 0.5) is 4.79 Å². The number of rotatable bonds is 12. The number of amides is 2. The third-order valence-corrected chi connectivity index (χ3v) is 5.54. The molecule has 0 aliphatic rings. The molecule has 0 radical (unpaired) electrons. The zero-order valence-corrected chi connectivity index (χ0v) is 25.0. The lowest BCUT2D eigenvalue weighted by atomic mass is 10.0. The van der Waals surface area contributed by atoms with Gasteiger partial charge in [0.25, 0.3) is 0 Å². The lowest BCUT2D eigenvalue weighted by Crippen LogP contribution is -2.48. The second-order valence-corrected chi connectivity index (χ2v) is 12.2. The number of nitrogens with one attached hydrogen (secondary N) is 2. The van der Waals surface area contributed by atoms with Crippen LogP contribution in [0.25, 0.3) is 0 Å². The normalized spacial score (nSPS) is 13.6. The Morgan fingerprint density at radius 2 is 1.71 bits per heavy atom. The fourth-order valence-electron chi connectivity index (χ4n) is 2.86. The molecule has 1 aromatic rings. The van der Waals surface area contributed by atoms with Gasteiger partial charge in [-0.05, 0) is 60.0 Å². The van der Waals surface area contributed by atoms with Crippen LogP contribution in [-0.2, 0) is 30.3 Å². The molecule has 214 valence electrons. The summed E-state index contributed by atoms with van der Waals surface area (Å²) in [5, 5.41) is 7.35. The Balaban J connectivity index is 2.80. The van der Waals surface area contributed by atoms with Gasteiger partial charge < -0.3 is 24.8 Å². The molecule has 2 amide bonds. The monoisotopic (exact) mass is 573 g/mol. The van der Waals surface area contributed by atoms with E-state index in [0.29, 0.717) is 17.3 Å². The van der Waals surface area contributed by atoms with E-state index in [1.807, 2.05) is 0 Å². The summed E-state index contributed by atoms with van der Waals surface area (Å²) in [6.07, 6.45) is 2.04. The fraction of sp³-hybridized carbons (Fsp3) is 0.654. The minimum absolute atomic E-state index is 0.0905. The first-order valence-corrected chi connectivity index (χ1v) is 13.8. The van der Waals surface area contributed by atoms with Crippen LogP contribution in [0.2, 0.25) is 0 Å². The number of carbonyl (C=O) groups is 4. The first kappa shape index (κ1) is 33.4. The molecule has 0 aliphatic heterocycles. The van der Waals surface area contributed by atoms with Crippen LogP contribution in [-0.4, -0.2) is 58.2 Å². The van der Waals surface area contributed by atoms with Gasteiger partial charge in [-0.25, -0.2) is 19.4 Å². The third-order valence-electron chi connectivity index (χ3n) is 4.47. The van der Waals surface area contributed by atoms with Crippen molar-refractivity contribution in [3.05, 3.63) is 28.2 Å². The average molecular weight is 574 g/mol. The molecule has 0 fully saturated rings. The van der Waals surface area contributed by atoms with Crippen LogP contribution in [0.5, 0.6) is 0 Å². The summed E-state index contributed by atoms with van der Waals surface area (Å²) in [6.45, 7) is 14.1. The molecule has 0 spiro atoms. The highest BCUT2D eigenvalue weighted by Crippen LogP contribution is 2.16. The zero-order valence-electron chi connectivity index (χ0n) is 23.4. The van der Waals surface area contributed by atoms with Crippen molar-refractivity contribution < 1.29 is 33.4 Å². The first-order valence-electron chi connectivity index (χ1n) is 12.4. The number of alkyl carbamates (subject to hydrolysis) is 1. The molecule has 2 atom stereocenters. The van der Waals surface area contributed by atoms with E-state index >= 15 is 0 Å². The number of hydrogen-bond acceptors (Lipinski definition) is 9. The summed E-state index contributed by atoms with van der Waals surface area (Å²) < 4.78 is 16.1. The minimum Gasteiger partial charge on any atom is -0.456 e. The number of thiazole rings is 1. The van der Waals surface area contributed by atoms with Gasteiger partial charge in [-0.2, -0.15) is 0 Å². The van der Waals surface area contributed by atoms with Crippen molar-refractivity contribution in [2.75, 3.05) is 5.88 Å². The van der Waals surface area contributed by atoms with Gasteiger partial charge in [0, 0.05) is 11.3 Å². The van der Waals surface area contributed by atoms with Crippen molar-refractivity contribution in [3.63, 3.8) is 0 Å². The summed E-state index contributed by atoms with van der Waals surface area (Å²) >= 11 is 6.95. The Morgan fingerprint density at radius 1 is 1.08 bits per heavy atom. The Bertz CT molecular complexity index is 980. The van der Waals surface area contributed by atoms with Crippen LogP contribution in [0.15, 0.2) is 17.5 Å². The molecule has 12 heteroatoms. The highest BCUT2D eigenvalue weighted by atomic mass is 35.5. The van der Waals surface area contributed by atoms with E-state index in [9.17, 15) is 19.2 Å². The molecule has 0 saturated carbocycles. The Kier molecular flexibility index (Phi) is 13.2. The Morgan fingerprint density at radius 3 is 2.26 bits per heavy atom. The molecule has 1 heterocycles. The largest absolute Gasteiger partial charge is 0.456 e. The smallest absolute Gasteiger partial charge is 0.408 e. The molecular weight excluding hydrogens is 534 g/mol. The van der Waals surface area contributed by atoms with E-state index in [1.165, 1.54) is 11.3 Å². The van der Waals surface area contributed by atoms with Crippen molar-refractivity contribution in [2.24, 2.45) is 5.92 Å². The maximum atomic E-state index is 12.9. The summed E-state index contributed by atoms with van der Waals surface area (Å²) in [5.41, 5.74) is -1.21. The van der Waals surface area contributed by atoms with E-state index in [-0.39, 0.29) is 24.6 Å².